The second kappa shape index (κ2) is 5.22. The second-order valence-electron chi connectivity index (χ2n) is 5.57. The summed E-state index contributed by atoms with van der Waals surface area (Å²) in [6.07, 6.45) is 5.48. The van der Waals surface area contributed by atoms with Crippen molar-refractivity contribution in [2.75, 3.05) is 32.9 Å². The van der Waals surface area contributed by atoms with E-state index in [1.165, 1.54) is 25.7 Å². The van der Waals surface area contributed by atoms with Crippen molar-refractivity contribution in [3.05, 3.63) is 0 Å². The van der Waals surface area contributed by atoms with Gasteiger partial charge >= 0.3 is 0 Å². The Morgan fingerprint density at radius 1 is 1.24 bits per heavy atom. The van der Waals surface area contributed by atoms with E-state index >= 15 is 0 Å². The van der Waals surface area contributed by atoms with Gasteiger partial charge in [0.25, 0.3) is 0 Å². The fourth-order valence-electron chi connectivity index (χ4n) is 3.82. The maximum Gasteiger partial charge on any atom is 0.0731 e. The molecule has 2 heterocycles. The lowest BCUT2D eigenvalue weighted by Crippen LogP contribution is -2.57. The number of hydrogen-bond donors (Lipinski definition) is 1. The zero-order chi connectivity index (χ0) is 11.7. The van der Waals surface area contributed by atoms with Crippen molar-refractivity contribution in [2.24, 2.45) is 11.7 Å². The standard InChI is InChI=1S/C13H24N2O2/c14-8-12(10-4-6-16-9-10)15-5-7-17-13-3-1-2-11(13)15/h10-13H,1-9,14H2. The maximum atomic E-state index is 6.03. The molecule has 4 nitrogen and oxygen atoms in total. The molecule has 2 saturated heterocycles. The highest BCUT2D eigenvalue weighted by Gasteiger charge is 2.41. The lowest BCUT2D eigenvalue weighted by Gasteiger charge is -2.44. The van der Waals surface area contributed by atoms with Gasteiger partial charge in [-0.3, -0.25) is 4.90 Å². The van der Waals surface area contributed by atoms with E-state index in [9.17, 15) is 0 Å². The van der Waals surface area contributed by atoms with Gasteiger partial charge in [0.05, 0.1) is 19.3 Å². The third-order valence-corrected chi connectivity index (χ3v) is 4.70. The van der Waals surface area contributed by atoms with Crippen LogP contribution >= 0.6 is 0 Å². The summed E-state index contributed by atoms with van der Waals surface area (Å²) in [4.78, 5) is 2.64. The molecule has 2 N–H and O–H groups in total. The molecule has 4 heteroatoms. The van der Waals surface area contributed by atoms with Gasteiger partial charge in [-0.25, -0.2) is 0 Å². The van der Waals surface area contributed by atoms with Crippen LogP contribution in [0.1, 0.15) is 25.7 Å². The molecule has 0 radical (unpaired) electrons. The van der Waals surface area contributed by atoms with Gasteiger partial charge in [0.1, 0.15) is 0 Å². The van der Waals surface area contributed by atoms with Crippen molar-refractivity contribution < 1.29 is 9.47 Å². The first-order chi connectivity index (χ1) is 8.40. The molecule has 98 valence electrons. The van der Waals surface area contributed by atoms with Gasteiger partial charge in [0.2, 0.25) is 0 Å². The van der Waals surface area contributed by atoms with Crippen LogP contribution < -0.4 is 5.73 Å². The number of hydrogen-bond acceptors (Lipinski definition) is 4. The number of nitrogens with two attached hydrogens (primary N) is 1. The van der Waals surface area contributed by atoms with Crippen LogP contribution in [0.15, 0.2) is 0 Å². The molecule has 2 aliphatic heterocycles. The molecule has 1 saturated carbocycles. The molecule has 0 amide bonds. The summed E-state index contributed by atoms with van der Waals surface area (Å²) in [7, 11) is 0. The Labute approximate surface area is 103 Å². The van der Waals surface area contributed by atoms with Gasteiger partial charge in [-0.2, -0.15) is 0 Å². The smallest absolute Gasteiger partial charge is 0.0731 e. The van der Waals surface area contributed by atoms with Crippen LogP contribution in [0, 0.1) is 5.92 Å². The summed E-state index contributed by atoms with van der Waals surface area (Å²) in [6.45, 7) is 4.51. The highest BCUT2D eigenvalue weighted by atomic mass is 16.5. The number of ether oxygens (including phenoxy) is 2. The van der Waals surface area contributed by atoms with Crippen molar-refractivity contribution in [1.82, 2.24) is 4.90 Å². The number of morpholine rings is 1. The Kier molecular flexibility index (Phi) is 3.66. The summed E-state index contributed by atoms with van der Waals surface area (Å²) in [5, 5.41) is 0. The highest BCUT2D eigenvalue weighted by molar-refractivity contribution is 4.95. The molecule has 0 aromatic carbocycles. The van der Waals surface area contributed by atoms with Crippen LogP contribution in [0.5, 0.6) is 0 Å². The molecular formula is C13H24N2O2. The number of rotatable bonds is 3. The van der Waals surface area contributed by atoms with E-state index in [0.29, 0.717) is 24.1 Å². The molecule has 3 aliphatic rings. The van der Waals surface area contributed by atoms with E-state index in [2.05, 4.69) is 4.90 Å². The fourth-order valence-corrected chi connectivity index (χ4v) is 3.82. The van der Waals surface area contributed by atoms with Crippen molar-refractivity contribution >= 4 is 0 Å². The minimum atomic E-state index is 0.472. The van der Waals surface area contributed by atoms with Gasteiger partial charge in [-0.1, -0.05) is 0 Å². The number of nitrogens with zero attached hydrogens (tertiary/aromatic N) is 1. The van der Waals surface area contributed by atoms with E-state index in [4.69, 9.17) is 15.2 Å². The Morgan fingerprint density at radius 2 is 2.18 bits per heavy atom. The van der Waals surface area contributed by atoms with E-state index < -0.39 is 0 Å². The van der Waals surface area contributed by atoms with Crippen LogP contribution in [0.25, 0.3) is 0 Å². The lowest BCUT2D eigenvalue weighted by molar-refractivity contribution is -0.0790. The molecule has 0 bridgehead atoms. The van der Waals surface area contributed by atoms with E-state index in [1.807, 2.05) is 0 Å². The first kappa shape index (κ1) is 11.9. The third kappa shape index (κ3) is 2.24. The molecule has 17 heavy (non-hydrogen) atoms. The average molecular weight is 240 g/mol. The van der Waals surface area contributed by atoms with E-state index in [0.717, 1.165) is 32.9 Å². The van der Waals surface area contributed by atoms with Crippen LogP contribution in [0.4, 0.5) is 0 Å². The fraction of sp³-hybridized carbons (Fsp3) is 1.00. The van der Waals surface area contributed by atoms with Crippen molar-refractivity contribution in [3.63, 3.8) is 0 Å². The van der Waals surface area contributed by atoms with Gasteiger partial charge in [-0.15, -0.1) is 0 Å². The van der Waals surface area contributed by atoms with Gasteiger partial charge < -0.3 is 15.2 Å². The van der Waals surface area contributed by atoms with E-state index in [-0.39, 0.29) is 0 Å². The molecule has 4 atom stereocenters. The first-order valence-electron chi connectivity index (χ1n) is 7.05. The Morgan fingerprint density at radius 3 is 2.94 bits per heavy atom. The molecule has 3 rings (SSSR count). The molecule has 4 unspecified atom stereocenters. The lowest BCUT2D eigenvalue weighted by atomic mass is 9.94. The zero-order valence-corrected chi connectivity index (χ0v) is 10.5. The van der Waals surface area contributed by atoms with Gasteiger partial charge in [-0.05, 0) is 25.7 Å². The minimum absolute atomic E-state index is 0.472. The molecule has 0 spiro atoms. The van der Waals surface area contributed by atoms with Crippen LogP contribution in [-0.2, 0) is 9.47 Å². The summed E-state index contributed by atoms with van der Waals surface area (Å²) >= 11 is 0. The molecular weight excluding hydrogens is 216 g/mol. The second-order valence-corrected chi connectivity index (χ2v) is 5.57. The summed E-state index contributed by atoms with van der Waals surface area (Å²) < 4.78 is 11.4. The van der Waals surface area contributed by atoms with Crippen LogP contribution in [0.3, 0.4) is 0 Å². The first-order valence-corrected chi connectivity index (χ1v) is 7.05. The third-order valence-electron chi connectivity index (χ3n) is 4.70. The van der Waals surface area contributed by atoms with E-state index in [1.54, 1.807) is 0 Å². The van der Waals surface area contributed by atoms with Gasteiger partial charge in [0, 0.05) is 37.7 Å². The summed E-state index contributed by atoms with van der Waals surface area (Å²) in [5.74, 6) is 0.638. The molecule has 3 fully saturated rings. The predicted octanol–water partition coefficient (Wildman–Crippen LogP) is 0.603. The van der Waals surface area contributed by atoms with Crippen LogP contribution in [-0.4, -0.2) is 56.0 Å². The largest absolute Gasteiger partial charge is 0.381 e. The maximum absolute atomic E-state index is 6.03. The molecule has 0 aromatic heterocycles. The van der Waals surface area contributed by atoms with Gasteiger partial charge in [0.15, 0.2) is 0 Å². The summed E-state index contributed by atoms with van der Waals surface area (Å²) in [5.41, 5.74) is 6.03. The average Bonchev–Trinajstić information content (AvgIpc) is 3.00. The number of fused-ring (bicyclic) bond motifs is 1. The zero-order valence-electron chi connectivity index (χ0n) is 10.5. The molecule has 0 aromatic rings. The molecule has 1 aliphatic carbocycles. The highest BCUT2D eigenvalue weighted by Crippen LogP contribution is 2.33. The van der Waals surface area contributed by atoms with Crippen LogP contribution in [0.2, 0.25) is 0 Å². The SMILES string of the molecule is NCC(C1CCOC1)N1CCOC2CCCC21. The minimum Gasteiger partial charge on any atom is -0.381 e. The normalized spacial score (nSPS) is 40.4. The summed E-state index contributed by atoms with van der Waals surface area (Å²) in [6, 6.07) is 1.13. The quantitative estimate of drug-likeness (QED) is 0.785. The Hall–Kier alpha value is -0.160. The monoisotopic (exact) mass is 240 g/mol. The van der Waals surface area contributed by atoms with Crippen molar-refractivity contribution in [3.8, 4) is 0 Å². The van der Waals surface area contributed by atoms with Crippen molar-refractivity contribution in [1.29, 1.82) is 0 Å². The Bertz CT molecular complexity index is 256. The van der Waals surface area contributed by atoms with Crippen molar-refractivity contribution in [2.45, 2.75) is 43.9 Å². The topological polar surface area (TPSA) is 47.7 Å². The predicted molar refractivity (Wildman–Crippen MR) is 65.9 cm³/mol. The Balaban J connectivity index is 1.71.